The summed E-state index contributed by atoms with van der Waals surface area (Å²) in [6, 6.07) is 9.32. The van der Waals surface area contributed by atoms with E-state index in [0.717, 1.165) is 37.2 Å². The Morgan fingerprint density at radius 3 is 2.89 bits per heavy atom. The number of hydrogen-bond donors (Lipinski definition) is 1. The Labute approximate surface area is 167 Å². The minimum atomic E-state index is -0.110. The molecule has 1 saturated heterocycles. The zero-order chi connectivity index (χ0) is 19.1. The molecule has 1 amide bonds. The maximum absolute atomic E-state index is 12.6. The second kappa shape index (κ2) is 7.10. The van der Waals surface area contributed by atoms with Gasteiger partial charge in [0, 0.05) is 25.2 Å². The smallest absolute Gasteiger partial charge is 0.280 e. The number of benzene rings is 1. The fourth-order valence-corrected chi connectivity index (χ4v) is 5.02. The van der Waals surface area contributed by atoms with E-state index in [2.05, 4.69) is 61.5 Å². The Morgan fingerprint density at radius 1 is 1.25 bits per heavy atom. The van der Waals surface area contributed by atoms with E-state index in [1.807, 2.05) is 0 Å². The standard InChI is InChI=1S/C20H22N6OS/c1-13-10-14-4-2-3-5-17(14)26(13)25-8-6-15(7-9-25)23-18(27)20-24-16-11-21-12-22-19(16)28-20/h2-5,11-13,15H,6-10H2,1H3,(H,23,27)/t13-/m1/s1. The third kappa shape index (κ3) is 3.12. The molecule has 0 spiro atoms. The van der Waals surface area contributed by atoms with Crippen LogP contribution in [0.1, 0.15) is 35.1 Å². The lowest BCUT2D eigenvalue weighted by Gasteiger charge is -2.41. The number of amides is 1. The molecule has 5 rings (SSSR count). The van der Waals surface area contributed by atoms with Gasteiger partial charge in [0.05, 0.1) is 11.9 Å². The summed E-state index contributed by atoms with van der Waals surface area (Å²) in [5, 5.41) is 8.49. The molecule has 0 saturated carbocycles. The highest BCUT2D eigenvalue weighted by Crippen LogP contribution is 2.34. The van der Waals surface area contributed by atoms with Crippen LogP contribution in [0.4, 0.5) is 5.69 Å². The predicted octanol–water partition coefficient (Wildman–Crippen LogP) is 2.65. The van der Waals surface area contributed by atoms with E-state index < -0.39 is 0 Å². The molecule has 0 unspecified atom stereocenters. The summed E-state index contributed by atoms with van der Waals surface area (Å²) in [6.07, 6.45) is 6.08. The first-order valence-corrected chi connectivity index (χ1v) is 10.5. The lowest BCUT2D eigenvalue weighted by molar-refractivity contribution is 0.0904. The molecular formula is C20H22N6OS. The van der Waals surface area contributed by atoms with Gasteiger partial charge in [0.15, 0.2) is 5.01 Å². The van der Waals surface area contributed by atoms with Gasteiger partial charge in [-0.15, -0.1) is 0 Å². The quantitative estimate of drug-likeness (QED) is 0.736. The molecule has 3 aromatic rings. The zero-order valence-corrected chi connectivity index (χ0v) is 16.5. The highest BCUT2D eigenvalue weighted by Gasteiger charge is 2.33. The number of anilines is 1. The second-order valence-corrected chi connectivity index (χ2v) is 8.44. The van der Waals surface area contributed by atoms with Gasteiger partial charge in [0.25, 0.3) is 5.91 Å². The Bertz CT molecular complexity index is 980. The van der Waals surface area contributed by atoms with Crippen molar-refractivity contribution in [2.45, 2.75) is 38.3 Å². The summed E-state index contributed by atoms with van der Waals surface area (Å²) in [5.74, 6) is -0.110. The van der Waals surface area contributed by atoms with Crippen LogP contribution in [0.15, 0.2) is 36.8 Å². The van der Waals surface area contributed by atoms with E-state index in [9.17, 15) is 4.79 Å². The van der Waals surface area contributed by atoms with E-state index in [-0.39, 0.29) is 11.9 Å². The van der Waals surface area contributed by atoms with E-state index in [1.165, 1.54) is 28.9 Å². The lowest BCUT2D eigenvalue weighted by Crippen LogP contribution is -2.53. The molecule has 4 heterocycles. The average molecular weight is 395 g/mol. The number of nitrogens with zero attached hydrogens (tertiary/aromatic N) is 5. The lowest BCUT2D eigenvalue weighted by atomic mass is 10.1. The van der Waals surface area contributed by atoms with Crippen LogP contribution in [-0.4, -0.2) is 51.0 Å². The summed E-state index contributed by atoms with van der Waals surface area (Å²) in [4.78, 5) is 25.8. The molecule has 1 aromatic carbocycles. The molecule has 0 bridgehead atoms. The highest BCUT2D eigenvalue weighted by atomic mass is 32.1. The zero-order valence-electron chi connectivity index (χ0n) is 15.7. The molecule has 2 aliphatic rings. The second-order valence-electron chi connectivity index (χ2n) is 7.46. The number of para-hydroxylation sites is 1. The van der Waals surface area contributed by atoms with Crippen molar-refractivity contribution in [3.8, 4) is 0 Å². The molecule has 28 heavy (non-hydrogen) atoms. The van der Waals surface area contributed by atoms with Crippen molar-refractivity contribution in [3.05, 3.63) is 47.4 Å². The van der Waals surface area contributed by atoms with Gasteiger partial charge in [-0.05, 0) is 37.8 Å². The summed E-state index contributed by atoms with van der Waals surface area (Å²) in [5.41, 5.74) is 3.42. The summed E-state index contributed by atoms with van der Waals surface area (Å²) >= 11 is 1.31. The van der Waals surface area contributed by atoms with Crippen LogP contribution in [0, 0.1) is 0 Å². The van der Waals surface area contributed by atoms with E-state index >= 15 is 0 Å². The molecule has 2 aliphatic heterocycles. The molecule has 0 aliphatic carbocycles. The minimum Gasteiger partial charge on any atom is -0.347 e. The largest absolute Gasteiger partial charge is 0.347 e. The molecule has 1 N–H and O–H groups in total. The molecule has 2 aromatic heterocycles. The molecule has 1 fully saturated rings. The molecule has 1 atom stereocenters. The van der Waals surface area contributed by atoms with Crippen LogP contribution < -0.4 is 10.3 Å². The number of rotatable bonds is 3. The molecular weight excluding hydrogens is 372 g/mol. The van der Waals surface area contributed by atoms with Gasteiger partial charge in [-0.25, -0.2) is 20.0 Å². The van der Waals surface area contributed by atoms with Crippen LogP contribution in [0.5, 0.6) is 0 Å². The first-order chi connectivity index (χ1) is 13.7. The van der Waals surface area contributed by atoms with Crippen LogP contribution >= 0.6 is 11.3 Å². The van der Waals surface area contributed by atoms with Crippen molar-refractivity contribution in [2.24, 2.45) is 0 Å². The van der Waals surface area contributed by atoms with Gasteiger partial charge >= 0.3 is 0 Å². The fraction of sp³-hybridized carbons (Fsp3) is 0.400. The van der Waals surface area contributed by atoms with Gasteiger partial charge in [0.2, 0.25) is 0 Å². The minimum absolute atomic E-state index is 0.110. The molecule has 8 heteroatoms. The van der Waals surface area contributed by atoms with Crippen LogP contribution in [0.2, 0.25) is 0 Å². The number of hydrazine groups is 1. The Morgan fingerprint density at radius 2 is 2.07 bits per heavy atom. The Balaban J connectivity index is 1.22. The van der Waals surface area contributed by atoms with Crippen molar-refractivity contribution in [1.82, 2.24) is 25.3 Å². The first-order valence-electron chi connectivity index (χ1n) is 9.68. The van der Waals surface area contributed by atoms with Crippen molar-refractivity contribution in [2.75, 3.05) is 18.1 Å². The molecule has 7 nitrogen and oxygen atoms in total. The van der Waals surface area contributed by atoms with E-state index in [0.29, 0.717) is 16.6 Å². The van der Waals surface area contributed by atoms with Crippen LogP contribution in [0.25, 0.3) is 10.3 Å². The first kappa shape index (κ1) is 17.5. The predicted molar refractivity (Wildman–Crippen MR) is 109 cm³/mol. The summed E-state index contributed by atoms with van der Waals surface area (Å²) in [7, 11) is 0. The summed E-state index contributed by atoms with van der Waals surface area (Å²) in [6.45, 7) is 4.16. The Kier molecular flexibility index (Phi) is 4.44. The van der Waals surface area contributed by atoms with Crippen molar-refractivity contribution in [3.63, 3.8) is 0 Å². The van der Waals surface area contributed by atoms with Gasteiger partial charge in [-0.1, -0.05) is 29.5 Å². The molecule has 0 radical (unpaired) electrons. The topological polar surface area (TPSA) is 74.2 Å². The summed E-state index contributed by atoms with van der Waals surface area (Å²) < 4.78 is 0. The van der Waals surface area contributed by atoms with E-state index in [1.54, 1.807) is 6.20 Å². The third-order valence-electron chi connectivity index (χ3n) is 5.55. The SMILES string of the molecule is C[C@@H]1Cc2ccccc2N1N1CCC(NC(=O)c2nc3cncnc3s2)CC1. The van der Waals surface area contributed by atoms with Crippen molar-refractivity contribution >= 4 is 33.3 Å². The van der Waals surface area contributed by atoms with Crippen molar-refractivity contribution in [1.29, 1.82) is 0 Å². The number of nitrogens with one attached hydrogen (secondary N) is 1. The number of fused-ring (bicyclic) bond motifs is 2. The van der Waals surface area contributed by atoms with Crippen LogP contribution in [-0.2, 0) is 6.42 Å². The number of carbonyl (C=O) groups excluding carboxylic acids is 1. The fourth-order valence-electron chi connectivity index (χ4n) is 4.24. The average Bonchev–Trinajstić information content (AvgIpc) is 3.29. The Hall–Kier alpha value is -2.58. The van der Waals surface area contributed by atoms with Gasteiger partial charge in [0.1, 0.15) is 16.7 Å². The van der Waals surface area contributed by atoms with Gasteiger partial charge in [-0.2, -0.15) is 0 Å². The number of piperidine rings is 1. The van der Waals surface area contributed by atoms with E-state index in [4.69, 9.17) is 0 Å². The van der Waals surface area contributed by atoms with Gasteiger partial charge < -0.3 is 10.3 Å². The van der Waals surface area contributed by atoms with Gasteiger partial charge in [-0.3, -0.25) is 4.79 Å². The number of aromatic nitrogens is 3. The monoisotopic (exact) mass is 394 g/mol. The number of hydrogen-bond acceptors (Lipinski definition) is 7. The number of carbonyl (C=O) groups is 1. The third-order valence-corrected chi connectivity index (χ3v) is 6.53. The molecule has 144 valence electrons. The number of thiazole rings is 1. The van der Waals surface area contributed by atoms with Crippen LogP contribution in [0.3, 0.4) is 0 Å². The normalized spacial score (nSPS) is 20.5. The maximum atomic E-state index is 12.6. The highest BCUT2D eigenvalue weighted by molar-refractivity contribution is 7.19. The van der Waals surface area contributed by atoms with Crippen molar-refractivity contribution < 1.29 is 4.79 Å². The maximum Gasteiger partial charge on any atom is 0.280 e.